The van der Waals surface area contributed by atoms with Gasteiger partial charge in [0, 0.05) is 11.6 Å². The predicted octanol–water partition coefficient (Wildman–Crippen LogP) is 3.71. The maximum absolute atomic E-state index is 13.3. The standard InChI is InChI=1S/C28H29N5O4/c1-17(2)23(24(36)26-32-33-27(37-26)28(3,4)19-13-9-6-10-14-19)30-21(34)15-20-16-22(35)31-25(29-20)18-11-7-5-8-12-18/h5-14,16-17,23H,15H2,1-4H3,(H,30,34)(H,29,31,35)/t23-/m0/s1. The molecule has 37 heavy (non-hydrogen) atoms. The van der Waals surface area contributed by atoms with Gasteiger partial charge < -0.3 is 14.7 Å². The van der Waals surface area contributed by atoms with Crippen molar-refractivity contribution in [1.29, 1.82) is 0 Å². The number of carbonyl (C=O) groups excluding carboxylic acids is 2. The lowest BCUT2D eigenvalue weighted by Gasteiger charge is -2.21. The zero-order chi connectivity index (χ0) is 26.6. The van der Waals surface area contributed by atoms with Crippen LogP contribution in [0.5, 0.6) is 0 Å². The fraction of sp³-hybridized carbons (Fsp3) is 0.286. The number of rotatable bonds is 9. The third-order valence-corrected chi connectivity index (χ3v) is 6.12. The summed E-state index contributed by atoms with van der Waals surface area (Å²) in [6, 6.07) is 19.2. The van der Waals surface area contributed by atoms with Gasteiger partial charge in [0.05, 0.1) is 23.6 Å². The lowest BCUT2D eigenvalue weighted by Crippen LogP contribution is -2.45. The zero-order valence-electron chi connectivity index (χ0n) is 21.2. The van der Waals surface area contributed by atoms with Crippen molar-refractivity contribution >= 4 is 11.7 Å². The van der Waals surface area contributed by atoms with E-state index in [1.165, 1.54) is 6.07 Å². The van der Waals surface area contributed by atoms with Crippen LogP contribution >= 0.6 is 0 Å². The van der Waals surface area contributed by atoms with Crippen molar-refractivity contribution in [3.8, 4) is 11.4 Å². The number of carbonyl (C=O) groups is 2. The lowest BCUT2D eigenvalue weighted by molar-refractivity contribution is -0.121. The number of ketones is 1. The van der Waals surface area contributed by atoms with Gasteiger partial charge in [-0.05, 0) is 25.3 Å². The van der Waals surface area contributed by atoms with Crippen molar-refractivity contribution in [2.24, 2.45) is 5.92 Å². The molecule has 9 heteroatoms. The van der Waals surface area contributed by atoms with Gasteiger partial charge in [-0.2, -0.15) is 0 Å². The fourth-order valence-electron chi connectivity index (χ4n) is 3.94. The summed E-state index contributed by atoms with van der Waals surface area (Å²) in [7, 11) is 0. The van der Waals surface area contributed by atoms with Crippen molar-refractivity contribution in [3.63, 3.8) is 0 Å². The molecule has 4 aromatic rings. The van der Waals surface area contributed by atoms with Crippen LogP contribution in [0.4, 0.5) is 0 Å². The molecule has 2 aromatic heterocycles. The second-order valence-corrected chi connectivity index (χ2v) is 9.68. The van der Waals surface area contributed by atoms with E-state index in [9.17, 15) is 14.4 Å². The Morgan fingerprint density at radius 1 is 1.00 bits per heavy atom. The Morgan fingerprint density at radius 3 is 2.30 bits per heavy atom. The molecule has 0 saturated carbocycles. The van der Waals surface area contributed by atoms with Crippen molar-refractivity contribution in [2.45, 2.75) is 45.6 Å². The number of aromatic amines is 1. The second kappa shape index (κ2) is 10.7. The fourth-order valence-corrected chi connectivity index (χ4v) is 3.94. The van der Waals surface area contributed by atoms with Gasteiger partial charge in [-0.15, -0.1) is 10.2 Å². The van der Waals surface area contributed by atoms with Gasteiger partial charge in [-0.3, -0.25) is 14.4 Å². The van der Waals surface area contributed by atoms with Crippen LogP contribution in [0.15, 0.2) is 75.9 Å². The number of hydrogen-bond acceptors (Lipinski definition) is 7. The first-order valence-electron chi connectivity index (χ1n) is 12.0. The molecule has 2 N–H and O–H groups in total. The molecular weight excluding hydrogens is 470 g/mol. The summed E-state index contributed by atoms with van der Waals surface area (Å²) in [5.74, 6) is -0.674. The molecule has 0 unspecified atom stereocenters. The smallest absolute Gasteiger partial charge is 0.286 e. The number of nitrogens with one attached hydrogen (secondary N) is 2. The summed E-state index contributed by atoms with van der Waals surface area (Å²) in [5, 5.41) is 10.9. The van der Waals surface area contributed by atoms with Crippen molar-refractivity contribution in [1.82, 2.24) is 25.5 Å². The summed E-state index contributed by atoms with van der Waals surface area (Å²) < 4.78 is 5.80. The summed E-state index contributed by atoms with van der Waals surface area (Å²) in [6.45, 7) is 7.49. The Bertz CT molecular complexity index is 1440. The molecule has 0 aliphatic heterocycles. The van der Waals surface area contributed by atoms with Gasteiger partial charge in [0.1, 0.15) is 5.82 Å². The van der Waals surface area contributed by atoms with E-state index in [0.717, 1.165) is 11.1 Å². The molecule has 9 nitrogen and oxygen atoms in total. The van der Waals surface area contributed by atoms with Gasteiger partial charge in [0.25, 0.3) is 11.4 Å². The van der Waals surface area contributed by atoms with Crippen molar-refractivity contribution in [2.75, 3.05) is 0 Å². The first kappa shape index (κ1) is 25.7. The topological polar surface area (TPSA) is 131 Å². The molecule has 2 aromatic carbocycles. The van der Waals surface area contributed by atoms with E-state index in [1.807, 2.05) is 88.4 Å². The Labute approximate surface area is 214 Å². The van der Waals surface area contributed by atoms with Crippen LogP contribution in [0, 0.1) is 5.92 Å². The van der Waals surface area contributed by atoms with Gasteiger partial charge in [0.15, 0.2) is 0 Å². The number of hydrogen-bond donors (Lipinski definition) is 2. The van der Waals surface area contributed by atoms with Crippen LogP contribution in [0.25, 0.3) is 11.4 Å². The lowest BCUT2D eigenvalue weighted by atomic mass is 9.85. The maximum atomic E-state index is 13.3. The van der Waals surface area contributed by atoms with Crippen LogP contribution in [0.1, 0.15) is 55.5 Å². The van der Waals surface area contributed by atoms with E-state index >= 15 is 0 Å². The van der Waals surface area contributed by atoms with Crippen LogP contribution in [0.3, 0.4) is 0 Å². The number of Topliss-reactive ketones (excluding diaryl/α,β-unsaturated/α-hetero) is 1. The van der Waals surface area contributed by atoms with Gasteiger partial charge in [-0.1, -0.05) is 74.5 Å². The van der Waals surface area contributed by atoms with Crippen LogP contribution in [-0.4, -0.2) is 37.9 Å². The minimum absolute atomic E-state index is 0.168. The molecule has 190 valence electrons. The van der Waals surface area contributed by atoms with Gasteiger partial charge >= 0.3 is 0 Å². The average Bonchev–Trinajstić information content (AvgIpc) is 3.39. The van der Waals surface area contributed by atoms with Gasteiger partial charge in [0.2, 0.25) is 17.6 Å². The normalized spacial score (nSPS) is 12.4. The van der Waals surface area contributed by atoms with E-state index < -0.39 is 23.1 Å². The molecule has 0 fully saturated rings. The number of H-pyrrole nitrogens is 1. The molecule has 0 spiro atoms. The maximum Gasteiger partial charge on any atom is 0.286 e. The molecule has 0 aliphatic rings. The first-order chi connectivity index (χ1) is 17.6. The zero-order valence-corrected chi connectivity index (χ0v) is 21.2. The average molecular weight is 500 g/mol. The van der Waals surface area contributed by atoms with Crippen LogP contribution < -0.4 is 10.9 Å². The minimum atomic E-state index is -0.892. The summed E-state index contributed by atoms with van der Waals surface area (Å²) in [4.78, 5) is 45.4. The molecule has 0 radical (unpaired) electrons. The van der Waals surface area contributed by atoms with Crippen molar-refractivity contribution in [3.05, 3.63) is 100 Å². The third-order valence-electron chi connectivity index (χ3n) is 6.12. The molecule has 0 bridgehead atoms. The summed E-state index contributed by atoms with van der Waals surface area (Å²) in [6.07, 6.45) is -0.170. The monoisotopic (exact) mass is 499 g/mol. The number of amides is 1. The molecular formula is C28H29N5O4. The van der Waals surface area contributed by atoms with Crippen LogP contribution in [-0.2, 0) is 16.6 Å². The quantitative estimate of drug-likeness (QED) is 0.336. The van der Waals surface area contributed by atoms with E-state index in [0.29, 0.717) is 17.4 Å². The molecule has 1 amide bonds. The molecule has 1 atom stereocenters. The van der Waals surface area contributed by atoms with E-state index in [4.69, 9.17) is 4.42 Å². The molecule has 0 saturated heterocycles. The summed E-state index contributed by atoms with van der Waals surface area (Å²) >= 11 is 0. The van der Waals surface area contributed by atoms with Crippen LogP contribution in [0.2, 0.25) is 0 Å². The van der Waals surface area contributed by atoms with E-state index in [2.05, 4.69) is 25.5 Å². The minimum Gasteiger partial charge on any atom is -0.417 e. The molecule has 4 rings (SSSR count). The highest BCUT2D eigenvalue weighted by molar-refractivity contribution is 5.98. The molecule has 2 heterocycles. The van der Waals surface area contributed by atoms with Crippen molar-refractivity contribution < 1.29 is 14.0 Å². The summed E-state index contributed by atoms with van der Waals surface area (Å²) in [5.41, 5.74) is 1.01. The largest absolute Gasteiger partial charge is 0.417 e. The highest BCUT2D eigenvalue weighted by Gasteiger charge is 2.34. The molecule has 0 aliphatic carbocycles. The first-order valence-corrected chi connectivity index (χ1v) is 12.0. The number of benzene rings is 2. The second-order valence-electron chi connectivity index (χ2n) is 9.68. The Morgan fingerprint density at radius 2 is 1.65 bits per heavy atom. The van der Waals surface area contributed by atoms with Gasteiger partial charge in [-0.25, -0.2) is 4.98 Å². The number of aromatic nitrogens is 4. The Kier molecular flexibility index (Phi) is 7.42. The highest BCUT2D eigenvalue weighted by atomic mass is 16.4. The van der Waals surface area contributed by atoms with E-state index in [1.54, 1.807) is 0 Å². The Hall–Kier alpha value is -4.40. The number of nitrogens with zero attached hydrogens (tertiary/aromatic N) is 3. The third kappa shape index (κ3) is 5.88. The SMILES string of the molecule is CC(C)[C@H](NC(=O)Cc1cc(=O)[nH]c(-c2ccccc2)n1)C(=O)c1nnc(C(C)(C)c2ccccc2)o1. The highest BCUT2D eigenvalue weighted by Crippen LogP contribution is 2.30. The predicted molar refractivity (Wildman–Crippen MR) is 138 cm³/mol. The van der Waals surface area contributed by atoms with E-state index in [-0.39, 0.29) is 23.8 Å². The Balaban J connectivity index is 1.50.